The highest BCUT2D eigenvalue weighted by atomic mass is 35.5. The third-order valence-corrected chi connectivity index (χ3v) is 5.12. The lowest BCUT2D eigenvalue weighted by Gasteiger charge is -2.39. The predicted octanol–water partition coefficient (Wildman–Crippen LogP) is 3.50. The molecule has 6 nitrogen and oxygen atoms in total. The molecular formula is C19H19ClN2O4. The van der Waals surface area contributed by atoms with Gasteiger partial charge in [-0.1, -0.05) is 23.7 Å². The molecule has 0 aliphatic carbocycles. The molecule has 1 saturated heterocycles. The second-order valence-electron chi connectivity index (χ2n) is 6.56. The molecule has 2 aromatic carbocycles. The van der Waals surface area contributed by atoms with Crippen molar-refractivity contribution in [1.82, 2.24) is 4.90 Å². The van der Waals surface area contributed by atoms with Gasteiger partial charge in [0, 0.05) is 24.4 Å². The van der Waals surface area contributed by atoms with Gasteiger partial charge in [0.15, 0.2) is 11.5 Å². The smallest absolute Gasteiger partial charge is 0.257 e. The van der Waals surface area contributed by atoms with E-state index in [-0.39, 0.29) is 28.5 Å². The summed E-state index contributed by atoms with van der Waals surface area (Å²) in [4.78, 5) is 14.8. The topological polar surface area (TPSA) is 82.0 Å². The summed E-state index contributed by atoms with van der Waals surface area (Å²) < 4.78 is 5.71. The fourth-order valence-electron chi connectivity index (χ4n) is 3.51. The van der Waals surface area contributed by atoms with Gasteiger partial charge in [0.1, 0.15) is 6.17 Å². The maximum absolute atomic E-state index is 13.1. The van der Waals surface area contributed by atoms with Gasteiger partial charge in [0.05, 0.1) is 16.7 Å². The molecule has 0 saturated carbocycles. The fraction of sp³-hybridized carbons (Fsp3) is 0.316. The Bertz CT molecular complexity index is 828. The highest BCUT2D eigenvalue weighted by Gasteiger charge is 2.35. The van der Waals surface area contributed by atoms with E-state index < -0.39 is 6.17 Å². The van der Waals surface area contributed by atoms with Gasteiger partial charge in [-0.05, 0) is 37.1 Å². The van der Waals surface area contributed by atoms with Gasteiger partial charge in [-0.3, -0.25) is 4.79 Å². The molecule has 4 rings (SSSR count). The fourth-order valence-corrected chi connectivity index (χ4v) is 3.74. The molecule has 0 radical (unpaired) electrons. The SMILES string of the molecule is O=C1c2ccccc2N[C@H](c2cc(O)c(O)c(Cl)c2)N1C[C@H]1CCCO1. The third-order valence-electron chi connectivity index (χ3n) is 4.83. The summed E-state index contributed by atoms with van der Waals surface area (Å²) >= 11 is 6.03. The highest BCUT2D eigenvalue weighted by molar-refractivity contribution is 6.32. The number of hydrogen-bond acceptors (Lipinski definition) is 5. The van der Waals surface area contributed by atoms with Gasteiger partial charge in [-0.15, -0.1) is 0 Å². The quantitative estimate of drug-likeness (QED) is 0.716. The summed E-state index contributed by atoms with van der Waals surface area (Å²) in [6.45, 7) is 1.14. The number of halogens is 1. The van der Waals surface area contributed by atoms with E-state index >= 15 is 0 Å². The number of phenols is 2. The Labute approximate surface area is 156 Å². The molecule has 26 heavy (non-hydrogen) atoms. The van der Waals surface area contributed by atoms with Gasteiger partial charge in [-0.25, -0.2) is 0 Å². The van der Waals surface area contributed by atoms with Crippen LogP contribution in [0.5, 0.6) is 11.5 Å². The largest absolute Gasteiger partial charge is 0.504 e. The van der Waals surface area contributed by atoms with Crippen molar-refractivity contribution in [1.29, 1.82) is 0 Å². The summed E-state index contributed by atoms with van der Waals surface area (Å²) in [6.07, 6.45) is 1.34. The van der Waals surface area contributed by atoms with E-state index in [0.717, 1.165) is 18.5 Å². The van der Waals surface area contributed by atoms with Crippen LogP contribution < -0.4 is 5.32 Å². The van der Waals surface area contributed by atoms with E-state index in [1.807, 2.05) is 18.2 Å². The second kappa shape index (κ2) is 6.70. The minimum atomic E-state index is -0.523. The first kappa shape index (κ1) is 17.0. The van der Waals surface area contributed by atoms with Crippen molar-refractivity contribution < 1.29 is 19.7 Å². The molecular weight excluding hydrogens is 356 g/mol. The lowest BCUT2D eigenvalue weighted by Crippen LogP contribution is -2.46. The minimum absolute atomic E-state index is 0.0188. The van der Waals surface area contributed by atoms with E-state index in [4.69, 9.17) is 16.3 Å². The Morgan fingerprint density at radius 1 is 1.27 bits per heavy atom. The number of para-hydroxylation sites is 1. The van der Waals surface area contributed by atoms with Crippen LogP contribution in [0.4, 0.5) is 5.69 Å². The number of hydrogen-bond donors (Lipinski definition) is 3. The first-order valence-corrected chi connectivity index (χ1v) is 8.92. The van der Waals surface area contributed by atoms with Crippen LogP contribution >= 0.6 is 11.6 Å². The summed E-state index contributed by atoms with van der Waals surface area (Å²) in [5.74, 6) is -0.801. The van der Waals surface area contributed by atoms with Crippen LogP contribution in [0.2, 0.25) is 5.02 Å². The zero-order valence-corrected chi connectivity index (χ0v) is 14.7. The monoisotopic (exact) mass is 374 g/mol. The number of ether oxygens (including phenoxy) is 1. The zero-order chi connectivity index (χ0) is 18.3. The number of rotatable bonds is 3. The molecule has 136 valence electrons. The van der Waals surface area contributed by atoms with Crippen molar-refractivity contribution in [3.8, 4) is 11.5 Å². The third kappa shape index (κ3) is 2.95. The molecule has 0 unspecified atom stereocenters. The Morgan fingerprint density at radius 2 is 2.08 bits per heavy atom. The van der Waals surface area contributed by atoms with E-state index in [1.165, 1.54) is 6.07 Å². The van der Waals surface area contributed by atoms with Crippen LogP contribution in [0, 0.1) is 0 Å². The molecule has 1 fully saturated rings. The summed E-state index contributed by atoms with van der Waals surface area (Å²) in [7, 11) is 0. The maximum Gasteiger partial charge on any atom is 0.257 e. The molecule has 2 atom stereocenters. The number of carbonyl (C=O) groups excluding carboxylic acids is 1. The van der Waals surface area contributed by atoms with E-state index in [0.29, 0.717) is 24.3 Å². The molecule has 0 bridgehead atoms. The molecule has 0 aromatic heterocycles. The molecule has 2 heterocycles. The van der Waals surface area contributed by atoms with Crippen LogP contribution in [0.1, 0.15) is 34.9 Å². The number of carbonyl (C=O) groups is 1. The van der Waals surface area contributed by atoms with E-state index in [1.54, 1.807) is 17.0 Å². The number of nitrogens with zero attached hydrogens (tertiary/aromatic N) is 1. The minimum Gasteiger partial charge on any atom is -0.504 e. The number of aromatic hydroxyl groups is 2. The summed E-state index contributed by atoms with van der Waals surface area (Å²) in [6, 6.07) is 10.3. The highest BCUT2D eigenvalue weighted by Crippen LogP contribution is 2.40. The number of benzene rings is 2. The maximum atomic E-state index is 13.1. The number of phenolic OH excluding ortho intramolecular Hbond substituents is 2. The molecule has 2 aliphatic heterocycles. The first-order valence-electron chi connectivity index (χ1n) is 8.54. The lowest BCUT2D eigenvalue weighted by atomic mass is 10.0. The van der Waals surface area contributed by atoms with Gasteiger partial charge in [0.2, 0.25) is 0 Å². The molecule has 2 aromatic rings. The van der Waals surface area contributed by atoms with Crippen LogP contribution in [0.25, 0.3) is 0 Å². The average molecular weight is 375 g/mol. The van der Waals surface area contributed by atoms with E-state index in [2.05, 4.69) is 5.32 Å². The van der Waals surface area contributed by atoms with Crippen molar-refractivity contribution in [3.63, 3.8) is 0 Å². The molecule has 7 heteroatoms. The Morgan fingerprint density at radius 3 is 2.81 bits per heavy atom. The average Bonchev–Trinajstić information content (AvgIpc) is 3.15. The van der Waals surface area contributed by atoms with Crippen molar-refractivity contribution in [2.45, 2.75) is 25.1 Å². The van der Waals surface area contributed by atoms with Gasteiger partial charge in [-0.2, -0.15) is 0 Å². The predicted molar refractivity (Wildman–Crippen MR) is 97.6 cm³/mol. The van der Waals surface area contributed by atoms with Gasteiger partial charge >= 0.3 is 0 Å². The number of nitrogens with one attached hydrogen (secondary N) is 1. The van der Waals surface area contributed by atoms with Crippen LogP contribution in [-0.4, -0.2) is 40.3 Å². The molecule has 1 amide bonds. The van der Waals surface area contributed by atoms with Crippen LogP contribution in [0.3, 0.4) is 0 Å². The standard InChI is InChI=1S/C19H19ClN2O4/c20-14-8-11(9-16(23)17(14)24)18-21-15-6-2-1-5-13(15)19(25)22(18)10-12-4-3-7-26-12/h1-2,5-6,8-9,12,18,21,23-24H,3-4,7,10H2/t12-,18+/m1/s1. The Kier molecular flexibility index (Phi) is 4.38. The molecule has 3 N–H and O–H groups in total. The summed E-state index contributed by atoms with van der Waals surface area (Å²) in [5, 5.41) is 23.1. The normalized spacial score (nSPS) is 22.2. The first-order chi connectivity index (χ1) is 12.5. The van der Waals surface area contributed by atoms with Crippen molar-refractivity contribution >= 4 is 23.2 Å². The Balaban J connectivity index is 1.75. The Hall–Kier alpha value is -2.44. The number of amides is 1. The van der Waals surface area contributed by atoms with Gasteiger partial charge < -0.3 is 25.2 Å². The molecule has 0 spiro atoms. The lowest BCUT2D eigenvalue weighted by molar-refractivity contribution is 0.0426. The van der Waals surface area contributed by atoms with E-state index in [9.17, 15) is 15.0 Å². The van der Waals surface area contributed by atoms with Crippen LogP contribution in [0.15, 0.2) is 36.4 Å². The zero-order valence-electron chi connectivity index (χ0n) is 14.0. The summed E-state index contributed by atoms with van der Waals surface area (Å²) in [5.41, 5.74) is 1.90. The molecule has 2 aliphatic rings. The van der Waals surface area contributed by atoms with Crippen LogP contribution in [-0.2, 0) is 4.74 Å². The number of anilines is 1. The van der Waals surface area contributed by atoms with Crippen molar-refractivity contribution in [2.24, 2.45) is 0 Å². The van der Waals surface area contributed by atoms with Crippen molar-refractivity contribution in [3.05, 3.63) is 52.5 Å². The second-order valence-corrected chi connectivity index (χ2v) is 6.96. The number of fused-ring (bicyclic) bond motifs is 1. The van der Waals surface area contributed by atoms with Gasteiger partial charge in [0.25, 0.3) is 5.91 Å². The van der Waals surface area contributed by atoms with Crippen molar-refractivity contribution in [2.75, 3.05) is 18.5 Å².